The highest BCUT2D eigenvalue weighted by molar-refractivity contribution is 6.33. The summed E-state index contributed by atoms with van der Waals surface area (Å²) >= 11 is 6.43. The molecular formula is C31H36ClF6N7O3. The average Bonchev–Trinajstić information content (AvgIpc) is 3.80. The summed E-state index contributed by atoms with van der Waals surface area (Å²) in [5, 5.41) is 8.63. The lowest BCUT2D eigenvalue weighted by molar-refractivity contribution is -0.192. The van der Waals surface area contributed by atoms with Crippen LogP contribution in [0.4, 0.5) is 43.8 Å². The maximum absolute atomic E-state index is 13.5. The number of nitrogens with one attached hydrogen (secondary N) is 3. The molecule has 0 radical (unpaired) electrons. The zero-order valence-electron chi connectivity index (χ0n) is 26.5. The van der Waals surface area contributed by atoms with Gasteiger partial charge in [-0.2, -0.15) is 26.3 Å². The van der Waals surface area contributed by atoms with Gasteiger partial charge in [-0.05, 0) is 62.3 Å². The Kier molecular flexibility index (Phi) is 10.1. The van der Waals surface area contributed by atoms with Crippen LogP contribution in [0.1, 0.15) is 54.4 Å². The van der Waals surface area contributed by atoms with E-state index in [2.05, 4.69) is 20.9 Å². The number of carbonyl (C=O) groups is 2. The predicted octanol–water partition coefficient (Wildman–Crippen LogP) is 6.26. The molecular weight excluding hydrogens is 668 g/mol. The molecule has 2 amide bonds. The summed E-state index contributed by atoms with van der Waals surface area (Å²) in [5.41, 5.74) is -0.540. The van der Waals surface area contributed by atoms with Gasteiger partial charge in [-0.25, -0.2) is 9.97 Å². The number of ether oxygens (including phenoxy) is 1. The monoisotopic (exact) mass is 703 g/mol. The number of alkyl halides is 6. The Labute approximate surface area is 277 Å². The summed E-state index contributed by atoms with van der Waals surface area (Å²) < 4.78 is 86.3. The third-order valence-electron chi connectivity index (χ3n) is 9.04. The van der Waals surface area contributed by atoms with Gasteiger partial charge in [0.15, 0.2) is 5.65 Å². The van der Waals surface area contributed by atoms with E-state index in [9.17, 15) is 35.9 Å². The minimum absolute atomic E-state index is 0.0634. The van der Waals surface area contributed by atoms with Gasteiger partial charge in [0, 0.05) is 40.3 Å². The van der Waals surface area contributed by atoms with Gasteiger partial charge in [0.05, 0.1) is 28.8 Å². The second kappa shape index (κ2) is 13.6. The number of amides is 2. The number of aromatic nitrogens is 3. The highest BCUT2D eigenvalue weighted by atomic mass is 35.5. The molecule has 1 aromatic carbocycles. The third kappa shape index (κ3) is 7.43. The van der Waals surface area contributed by atoms with Crippen LogP contribution in [0.5, 0.6) is 0 Å². The number of halogens is 7. The van der Waals surface area contributed by atoms with Gasteiger partial charge in [-0.3, -0.25) is 14.2 Å². The van der Waals surface area contributed by atoms with Crippen molar-refractivity contribution in [2.75, 3.05) is 37.5 Å². The fourth-order valence-corrected chi connectivity index (χ4v) is 6.01. The molecule has 2 aliphatic rings. The first-order valence-corrected chi connectivity index (χ1v) is 15.8. The molecule has 3 N–H and O–H groups in total. The van der Waals surface area contributed by atoms with E-state index in [0.717, 1.165) is 0 Å². The molecule has 262 valence electrons. The van der Waals surface area contributed by atoms with E-state index in [1.807, 2.05) is 0 Å². The maximum Gasteiger partial charge on any atom is 0.403 e. The molecule has 3 aromatic rings. The molecule has 48 heavy (non-hydrogen) atoms. The smallest absolute Gasteiger partial charge is 0.383 e. The first kappa shape index (κ1) is 35.5. The maximum atomic E-state index is 13.5. The normalized spacial score (nSPS) is 19.2. The molecule has 10 nitrogen and oxygen atoms in total. The topological polar surface area (TPSA) is 113 Å². The van der Waals surface area contributed by atoms with E-state index in [1.54, 1.807) is 41.8 Å². The Balaban J connectivity index is 1.37. The van der Waals surface area contributed by atoms with Gasteiger partial charge >= 0.3 is 12.4 Å². The summed E-state index contributed by atoms with van der Waals surface area (Å²) in [6.45, 7) is 0.571. The number of nitrogens with zero attached hydrogens (tertiary/aromatic N) is 4. The van der Waals surface area contributed by atoms with Crippen LogP contribution >= 0.6 is 11.6 Å². The summed E-state index contributed by atoms with van der Waals surface area (Å²) in [7, 11) is 4.96. The minimum Gasteiger partial charge on any atom is -0.383 e. The quantitative estimate of drug-likeness (QED) is 0.202. The van der Waals surface area contributed by atoms with E-state index in [4.69, 9.17) is 21.3 Å². The molecule has 0 unspecified atom stereocenters. The average molecular weight is 704 g/mol. The van der Waals surface area contributed by atoms with Crippen molar-refractivity contribution in [1.29, 1.82) is 0 Å². The lowest BCUT2D eigenvalue weighted by Crippen LogP contribution is -2.40. The summed E-state index contributed by atoms with van der Waals surface area (Å²) in [6, 6.07) is 5.84. The van der Waals surface area contributed by atoms with E-state index in [1.165, 1.54) is 13.2 Å². The molecule has 2 fully saturated rings. The molecule has 0 aliphatic heterocycles. The van der Waals surface area contributed by atoms with Crippen molar-refractivity contribution >= 4 is 52.0 Å². The largest absolute Gasteiger partial charge is 0.403 e. The van der Waals surface area contributed by atoms with Gasteiger partial charge in [-0.1, -0.05) is 17.7 Å². The number of rotatable bonds is 11. The Morgan fingerprint density at radius 3 is 2.38 bits per heavy atom. The number of hydrogen-bond donors (Lipinski definition) is 3. The molecule has 17 heteroatoms. The van der Waals surface area contributed by atoms with E-state index in [-0.39, 0.29) is 61.6 Å². The zero-order valence-corrected chi connectivity index (χ0v) is 27.2. The predicted molar refractivity (Wildman–Crippen MR) is 167 cm³/mol. The van der Waals surface area contributed by atoms with Gasteiger partial charge < -0.3 is 25.6 Å². The number of likely N-dealkylation sites (N-methyl/N-ethyl adjacent to an activating group) is 1. The van der Waals surface area contributed by atoms with Gasteiger partial charge in [0.25, 0.3) is 5.91 Å². The molecule has 0 spiro atoms. The van der Waals surface area contributed by atoms with E-state index in [0.29, 0.717) is 41.4 Å². The number of benzene rings is 1. The molecule has 0 saturated heterocycles. The van der Waals surface area contributed by atoms with Crippen LogP contribution in [-0.2, 0) is 23.1 Å². The molecule has 2 saturated carbocycles. The Morgan fingerprint density at radius 2 is 1.77 bits per heavy atom. The first-order valence-electron chi connectivity index (χ1n) is 15.4. The van der Waals surface area contributed by atoms with Crippen LogP contribution in [0.25, 0.3) is 11.2 Å². The number of imidazole rings is 1. The molecule has 0 atom stereocenters. The zero-order chi connectivity index (χ0) is 35.0. The lowest BCUT2D eigenvalue weighted by atomic mass is 9.85. The van der Waals surface area contributed by atoms with Crippen LogP contribution in [0.3, 0.4) is 0 Å². The third-order valence-corrected chi connectivity index (χ3v) is 9.37. The first-order chi connectivity index (χ1) is 22.5. The molecule has 2 heterocycles. The number of fused-ring (bicyclic) bond motifs is 1. The SMILES string of the molecule is COCCN(C)c1nc2c(cc1C(=O)N[C@H]1CC[C@H](C(F)(F)F)CC1)nc(Nc1cc(CNC(=O)C3(C(F)(F)F)CC3)ccc1Cl)n2C. The molecule has 0 bridgehead atoms. The second-order valence-corrected chi connectivity index (χ2v) is 12.8. The number of methoxy groups -OCH3 is 1. The van der Waals surface area contributed by atoms with Gasteiger partial charge in [-0.15, -0.1) is 0 Å². The molecule has 2 aromatic heterocycles. The van der Waals surface area contributed by atoms with Crippen molar-refractivity contribution in [3.8, 4) is 0 Å². The van der Waals surface area contributed by atoms with E-state index < -0.39 is 41.5 Å². The highest BCUT2D eigenvalue weighted by Gasteiger charge is 2.68. The van der Waals surface area contributed by atoms with Crippen LogP contribution in [-0.4, -0.2) is 72.1 Å². The molecule has 2 aliphatic carbocycles. The fourth-order valence-electron chi connectivity index (χ4n) is 5.85. The Hall–Kier alpha value is -3.79. The number of carbonyl (C=O) groups excluding carboxylic acids is 2. The molecule has 5 rings (SSSR count). The van der Waals surface area contributed by atoms with Gasteiger partial charge in [0.1, 0.15) is 16.7 Å². The summed E-state index contributed by atoms with van der Waals surface area (Å²) in [6.07, 6.45) is -9.09. The van der Waals surface area contributed by atoms with Crippen molar-refractivity contribution in [2.45, 2.75) is 63.5 Å². The van der Waals surface area contributed by atoms with Crippen molar-refractivity contribution in [2.24, 2.45) is 18.4 Å². The Morgan fingerprint density at radius 1 is 1.08 bits per heavy atom. The van der Waals surface area contributed by atoms with Crippen molar-refractivity contribution in [3.63, 3.8) is 0 Å². The van der Waals surface area contributed by atoms with Crippen LogP contribution in [0.2, 0.25) is 5.02 Å². The number of anilines is 3. The number of hydrogen-bond acceptors (Lipinski definition) is 7. The Bertz CT molecular complexity index is 1670. The summed E-state index contributed by atoms with van der Waals surface area (Å²) in [4.78, 5) is 36.9. The van der Waals surface area contributed by atoms with E-state index >= 15 is 0 Å². The van der Waals surface area contributed by atoms with Crippen molar-refractivity contribution in [3.05, 3.63) is 40.4 Å². The number of pyridine rings is 1. The van der Waals surface area contributed by atoms with Gasteiger partial charge in [0.2, 0.25) is 11.9 Å². The van der Waals surface area contributed by atoms with Crippen molar-refractivity contribution < 1.29 is 40.7 Å². The standard InChI is InChI=1S/C31H36ClF6N7O3/c1-44(12-13-48-3)24-20(26(46)40-19-7-5-18(6-8-19)30(33,34)35)15-23-25(43-24)45(2)28(42-23)41-22-14-17(4-9-21(22)32)16-39-27(47)29(10-11-29)31(36,37)38/h4,9,14-15,18-19H,5-8,10-13,16H2,1-3H3,(H,39,47)(H,40,46)(H,41,42)/t18-,19-. The van der Waals surface area contributed by atoms with Crippen LogP contribution in [0.15, 0.2) is 24.3 Å². The highest BCUT2D eigenvalue weighted by Crippen LogP contribution is 2.57. The lowest BCUT2D eigenvalue weighted by Gasteiger charge is -2.30. The summed E-state index contributed by atoms with van der Waals surface area (Å²) in [5.74, 6) is -2.34. The van der Waals surface area contributed by atoms with Crippen LogP contribution < -0.4 is 20.9 Å². The number of aryl methyl sites for hydroxylation is 1. The second-order valence-electron chi connectivity index (χ2n) is 12.4. The fraction of sp³-hybridized carbons (Fsp3) is 0.548. The minimum atomic E-state index is -4.62. The van der Waals surface area contributed by atoms with Crippen molar-refractivity contribution in [1.82, 2.24) is 25.2 Å². The van der Waals surface area contributed by atoms with Crippen LogP contribution in [0, 0.1) is 11.3 Å².